The lowest BCUT2D eigenvalue weighted by Crippen LogP contribution is -2.44. The maximum Gasteiger partial charge on any atom is 0.229 e. The smallest absolute Gasteiger partial charge is 0.229 e. The third-order valence-corrected chi connectivity index (χ3v) is 5.49. The molecule has 1 saturated carbocycles. The van der Waals surface area contributed by atoms with Crippen LogP contribution in [0.25, 0.3) is 0 Å². The Kier molecular flexibility index (Phi) is 5.80. The second-order valence-corrected chi connectivity index (χ2v) is 7.88. The summed E-state index contributed by atoms with van der Waals surface area (Å²) in [6, 6.07) is 8.40. The van der Waals surface area contributed by atoms with Gasteiger partial charge in [0.1, 0.15) is 5.82 Å². The average Bonchev–Trinajstić information content (AvgIpc) is 3.54. The molecule has 2 aromatic rings. The number of carbonyl (C=O) groups is 1. The van der Waals surface area contributed by atoms with Gasteiger partial charge < -0.3 is 26.2 Å². The number of aromatic nitrogens is 2. The number of primary amides is 1. The van der Waals surface area contributed by atoms with Crippen LogP contribution in [-0.4, -0.2) is 60.5 Å². The molecular formula is C21H29N7O. The number of carbonyl (C=O) groups excluding carboxylic acids is 1. The number of hydrogen-bond acceptors (Lipinski definition) is 7. The van der Waals surface area contributed by atoms with E-state index in [-0.39, 0.29) is 12.3 Å². The second kappa shape index (κ2) is 8.65. The van der Waals surface area contributed by atoms with Crippen LogP contribution in [0.5, 0.6) is 0 Å². The van der Waals surface area contributed by atoms with E-state index in [1.54, 1.807) is 0 Å². The van der Waals surface area contributed by atoms with Crippen molar-refractivity contribution in [2.75, 3.05) is 55.3 Å². The molecule has 1 amide bonds. The summed E-state index contributed by atoms with van der Waals surface area (Å²) < 4.78 is 0. The lowest BCUT2D eigenvalue weighted by Gasteiger charge is -2.34. The summed E-state index contributed by atoms with van der Waals surface area (Å²) >= 11 is 0. The molecule has 1 aliphatic heterocycles. The van der Waals surface area contributed by atoms with Crippen LogP contribution >= 0.6 is 0 Å². The molecular weight excluding hydrogens is 366 g/mol. The van der Waals surface area contributed by atoms with Gasteiger partial charge in [-0.2, -0.15) is 4.98 Å². The molecule has 1 aliphatic carbocycles. The number of nitrogens with zero attached hydrogens (tertiary/aromatic N) is 4. The molecule has 8 nitrogen and oxygen atoms in total. The molecule has 0 atom stereocenters. The third-order valence-electron chi connectivity index (χ3n) is 5.49. The van der Waals surface area contributed by atoms with E-state index in [2.05, 4.69) is 61.7 Å². The van der Waals surface area contributed by atoms with Crippen molar-refractivity contribution in [1.29, 1.82) is 0 Å². The Morgan fingerprint density at radius 3 is 2.55 bits per heavy atom. The Balaban J connectivity index is 1.42. The predicted molar refractivity (Wildman–Crippen MR) is 116 cm³/mol. The van der Waals surface area contributed by atoms with Crippen LogP contribution in [0.3, 0.4) is 0 Å². The summed E-state index contributed by atoms with van der Waals surface area (Å²) in [5.74, 6) is 1.53. The topological polar surface area (TPSA) is 99.4 Å². The van der Waals surface area contributed by atoms with Crippen molar-refractivity contribution in [1.82, 2.24) is 14.9 Å². The fourth-order valence-corrected chi connectivity index (χ4v) is 3.54. The number of nitrogens with one attached hydrogen (secondary N) is 2. The third kappa shape index (κ3) is 5.14. The van der Waals surface area contributed by atoms with E-state index in [1.807, 2.05) is 6.20 Å². The summed E-state index contributed by atoms with van der Waals surface area (Å²) in [5.41, 5.74) is 8.55. The summed E-state index contributed by atoms with van der Waals surface area (Å²) in [6.45, 7) is 4.76. The molecule has 0 bridgehead atoms. The molecule has 2 fully saturated rings. The molecule has 4 rings (SSSR count). The fourth-order valence-electron chi connectivity index (χ4n) is 3.54. The number of benzene rings is 1. The molecule has 1 aromatic carbocycles. The summed E-state index contributed by atoms with van der Waals surface area (Å²) in [5, 5.41) is 6.53. The number of rotatable bonds is 8. The van der Waals surface area contributed by atoms with Gasteiger partial charge in [-0.05, 0) is 50.1 Å². The van der Waals surface area contributed by atoms with Crippen LogP contribution in [0.4, 0.5) is 23.1 Å². The lowest BCUT2D eigenvalue weighted by molar-refractivity contribution is -0.117. The molecule has 29 heavy (non-hydrogen) atoms. The Bertz CT molecular complexity index is 843. The Labute approximate surface area is 171 Å². The van der Waals surface area contributed by atoms with Gasteiger partial charge in [-0.1, -0.05) is 0 Å². The highest BCUT2D eigenvalue weighted by molar-refractivity contribution is 5.74. The van der Waals surface area contributed by atoms with Gasteiger partial charge in [0.05, 0.1) is 0 Å². The van der Waals surface area contributed by atoms with E-state index in [0.29, 0.717) is 18.4 Å². The van der Waals surface area contributed by atoms with Crippen LogP contribution in [0.1, 0.15) is 30.7 Å². The van der Waals surface area contributed by atoms with E-state index in [4.69, 9.17) is 5.73 Å². The molecule has 154 valence electrons. The molecule has 2 aliphatic rings. The standard InChI is InChI=1S/C21H29N7O/c1-27-10-12-28(13-11-27)17-6-4-16(5-7-17)25-21-24-14-18(15-2-3-15)20(26-21)23-9-8-19(22)29/h4-7,14-15H,2-3,8-13H2,1H3,(H2,22,29)(H2,23,24,25,26). The first-order valence-corrected chi connectivity index (χ1v) is 10.3. The van der Waals surface area contributed by atoms with Crippen molar-refractivity contribution in [2.24, 2.45) is 5.73 Å². The van der Waals surface area contributed by atoms with E-state index >= 15 is 0 Å². The predicted octanol–water partition coefficient (Wildman–Crippen LogP) is 2.14. The van der Waals surface area contributed by atoms with Gasteiger partial charge in [-0.3, -0.25) is 4.79 Å². The highest BCUT2D eigenvalue weighted by Gasteiger charge is 2.27. The number of piperazine rings is 1. The minimum Gasteiger partial charge on any atom is -0.370 e. The van der Waals surface area contributed by atoms with Crippen molar-refractivity contribution in [2.45, 2.75) is 25.2 Å². The first kappa shape index (κ1) is 19.4. The summed E-state index contributed by atoms with van der Waals surface area (Å²) in [4.78, 5) is 24.9. The van der Waals surface area contributed by atoms with Crippen molar-refractivity contribution < 1.29 is 4.79 Å². The molecule has 0 radical (unpaired) electrons. The van der Waals surface area contributed by atoms with Crippen LogP contribution in [0.15, 0.2) is 30.5 Å². The molecule has 8 heteroatoms. The van der Waals surface area contributed by atoms with Crippen molar-refractivity contribution >= 4 is 29.0 Å². The average molecular weight is 396 g/mol. The molecule has 2 heterocycles. The van der Waals surface area contributed by atoms with E-state index < -0.39 is 0 Å². The lowest BCUT2D eigenvalue weighted by atomic mass is 10.2. The largest absolute Gasteiger partial charge is 0.370 e. The number of amides is 1. The minimum absolute atomic E-state index is 0.282. The molecule has 1 aromatic heterocycles. The highest BCUT2D eigenvalue weighted by atomic mass is 16.1. The van der Waals surface area contributed by atoms with Gasteiger partial charge >= 0.3 is 0 Å². The molecule has 1 saturated heterocycles. The molecule has 0 unspecified atom stereocenters. The molecule has 4 N–H and O–H groups in total. The van der Waals surface area contributed by atoms with Crippen LogP contribution in [0.2, 0.25) is 0 Å². The summed E-state index contributed by atoms with van der Waals surface area (Å²) in [7, 11) is 2.16. The van der Waals surface area contributed by atoms with Crippen LogP contribution in [-0.2, 0) is 4.79 Å². The zero-order chi connectivity index (χ0) is 20.2. The zero-order valence-corrected chi connectivity index (χ0v) is 16.9. The quantitative estimate of drug-likeness (QED) is 0.630. The zero-order valence-electron chi connectivity index (χ0n) is 16.9. The maximum absolute atomic E-state index is 11.0. The monoisotopic (exact) mass is 395 g/mol. The van der Waals surface area contributed by atoms with Gasteiger partial charge in [0.25, 0.3) is 0 Å². The van der Waals surface area contributed by atoms with Gasteiger partial charge in [-0.15, -0.1) is 0 Å². The van der Waals surface area contributed by atoms with E-state index in [0.717, 1.165) is 56.1 Å². The highest BCUT2D eigenvalue weighted by Crippen LogP contribution is 2.42. The minimum atomic E-state index is -0.321. The number of nitrogens with two attached hydrogens (primary N) is 1. The van der Waals surface area contributed by atoms with Crippen LogP contribution < -0.4 is 21.3 Å². The maximum atomic E-state index is 11.0. The first-order valence-electron chi connectivity index (χ1n) is 10.3. The Hall–Kier alpha value is -2.87. The normalized spacial score (nSPS) is 17.2. The van der Waals surface area contributed by atoms with Crippen LogP contribution in [0, 0.1) is 0 Å². The number of likely N-dealkylation sites (N-methyl/N-ethyl adjacent to an activating group) is 1. The van der Waals surface area contributed by atoms with Crippen molar-refractivity contribution in [3.05, 3.63) is 36.0 Å². The molecule has 0 spiro atoms. The Morgan fingerprint density at radius 1 is 1.17 bits per heavy atom. The van der Waals surface area contributed by atoms with E-state index in [1.165, 1.54) is 5.69 Å². The fraction of sp³-hybridized carbons (Fsp3) is 0.476. The van der Waals surface area contributed by atoms with Crippen molar-refractivity contribution in [3.63, 3.8) is 0 Å². The Morgan fingerprint density at radius 2 is 1.90 bits per heavy atom. The van der Waals surface area contributed by atoms with Gasteiger partial charge in [0, 0.05) is 62.3 Å². The van der Waals surface area contributed by atoms with Gasteiger partial charge in [0.15, 0.2) is 0 Å². The summed E-state index contributed by atoms with van der Waals surface area (Å²) in [6.07, 6.45) is 4.49. The van der Waals surface area contributed by atoms with Crippen molar-refractivity contribution in [3.8, 4) is 0 Å². The van der Waals surface area contributed by atoms with E-state index in [9.17, 15) is 4.79 Å². The number of hydrogen-bond donors (Lipinski definition) is 3. The number of anilines is 4. The first-order chi connectivity index (χ1) is 14.1. The second-order valence-electron chi connectivity index (χ2n) is 7.88. The SMILES string of the molecule is CN1CCN(c2ccc(Nc3ncc(C4CC4)c(NCCC(N)=O)n3)cc2)CC1. The van der Waals surface area contributed by atoms with Gasteiger partial charge in [-0.25, -0.2) is 4.98 Å². The van der Waals surface area contributed by atoms with Gasteiger partial charge in [0.2, 0.25) is 11.9 Å².